The minimum absolute atomic E-state index is 0.0393. The Morgan fingerprint density at radius 1 is 1.00 bits per heavy atom. The lowest BCUT2D eigenvalue weighted by molar-refractivity contribution is -0.169. The summed E-state index contributed by atoms with van der Waals surface area (Å²) in [6.45, 7) is 11.9. The Kier molecular flexibility index (Phi) is 8.05. The minimum atomic E-state index is -1.07. The summed E-state index contributed by atoms with van der Waals surface area (Å²) in [5.41, 5.74) is -0.562. The number of ether oxygens (including phenoxy) is 2. The van der Waals surface area contributed by atoms with Gasteiger partial charge in [0.05, 0.1) is 5.41 Å². The molecule has 0 radical (unpaired) electrons. The van der Waals surface area contributed by atoms with Crippen molar-refractivity contribution in [3.8, 4) is 0 Å². The molecule has 2 unspecified atom stereocenters. The number of carboxylic acid groups (broad SMARTS) is 1. The third-order valence-corrected chi connectivity index (χ3v) is 6.10. The maximum atomic E-state index is 12.7. The number of carbonyl (C=O) groups is 3. The fourth-order valence-corrected chi connectivity index (χ4v) is 3.53. The van der Waals surface area contributed by atoms with E-state index >= 15 is 0 Å². The highest BCUT2D eigenvalue weighted by atomic mass is 16.6. The second-order valence-corrected chi connectivity index (χ2v) is 8.50. The summed E-state index contributed by atoms with van der Waals surface area (Å²) in [5.74, 6) is -1.85. The number of carboxylic acids is 1. The summed E-state index contributed by atoms with van der Waals surface area (Å²) >= 11 is 0. The normalized spacial score (nSPS) is 18.4. The highest BCUT2D eigenvalue weighted by Gasteiger charge is 2.48. The zero-order valence-corrected chi connectivity index (χ0v) is 17.5. The maximum Gasteiger partial charge on any atom is 0.334 e. The number of esters is 2. The van der Waals surface area contributed by atoms with Crippen molar-refractivity contribution in [1.29, 1.82) is 0 Å². The third-order valence-electron chi connectivity index (χ3n) is 6.10. The first-order valence-electron chi connectivity index (χ1n) is 9.76. The van der Waals surface area contributed by atoms with Crippen LogP contribution in [0.3, 0.4) is 0 Å². The molecule has 0 heterocycles. The van der Waals surface area contributed by atoms with E-state index in [0.29, 0.717) is 12.8 Å². The van der Waals surface area contributed by atoms with Crippen molar-refractivity contribution >= 4 is 17.9 Å². The zero-order valence-electron chi connectivity index (χ0n) is 17.5. The molecule has 0 spiro atoms. The molecule has 1 rings (SSSR count). The molecule has 6 nitrogen and oxygen atoms in total. The zero-order chi connectivity index (χ0) is 20.8. The predicted molar refractivity (Wildman–Crippen MR) is 102 cm³/mol. The number of hydrogen-bond acceptors (Lipinski definition) is 5. The predicted octanol–water partition coefficient (Wildman–Crippen LogP) is 4.13. The van der Waals surface area contributed by atoms with Gasteiger partial charge in [0, 0.05) is 11.1 Å². The monoisotopic (exact) mass is 382 g/mol. The highest BCUT2D eigenvalue weighted by Crippen LogP contribution is 2.46. The van der Waals surface area contributed by atoms with Gasteiger partial charge < -0.3 is 14.6 Å². The second kappa shape index (κ2) is 9.38. The molecule has 0 aromatic rings. The van der Waals surface area contributed by atoms with E-state index in [0.717, 1.165) is 19.3 Å². The van der Waals surface area contributed by atoms with Crippen LogP contribution in [0.2, 0.25) is 0 Å². The molecule has 0 amide bonds. The molecule has 27 heavy (non-hydrogen) atoms. The summed E-state index contributed by atoms with van der Waals surface area (Å²) in [6, 6.07) is 0. The van der Waals surface area contributed by atoms with Crippen LogP contribution in [0.25, 0.3) is 0 Å². The van der Waals surface area contributed by atoms with Gasteiger partial charge in [-0.25, -0.2) is 9.59 Å². The molecular formula is C21H34O6. The lowest BCUT2D eigenvalue weighted by Crippen LogP contribution is -2.46. The molecule has 1 aliphatic rings. The van der Waals surface area contributed by atoms with Gasteiger partial charge in [-0.15, -0.1) is 0 Å². The van der Waals surface area contributed by atoms with Crippen molar-refractivity contribution in [2.45, 2.75) is 73.6 Å². The lowest BCUT2D eigenvalue weighted by atomic mass is 9.60. The average molecular weight is 382 g/mol. The molecule has 1 N–H and O–H groups in total. The highest BCUT2D eigenvalue weighted by molar-refractivity contribution is 5.99. The van der Waals surface area contributed by atoms with Crippen LogP contribution >= 0.6 is 0 Å². The van der Waals surface area contributed by atoms with Crippen molar-refractivity contribution in [2.75, 3.05) is 13.2 Å². The van der Waals surface area contributed by atoms with Gasteiger partial charge in [0.1, 0.15) is 13.2 Å². The lowest BCUT2D eigenvalue weighted by Gasteiger charge is -2.43. The molecule has 0 saturated carbocycles. The Morgan fingerprint density at radius 3 is 2.00 bits per heavy atom. The Balaban J connectivity index is 2.66. The molecule has 0 fully saturated rings. The first-order valence-corrected chi connectivity index (χ1v) is 9.76. The number of carbonyl (C=O) groups excluding carboxylic acids is 2. The van der Waals surface area contributed by atoms with E-state index in [-0.39, 0.29) is 41.7 Å². The van der Waals surface area contributed by atoms with Gasteiger partial charge in [0.2, 0.25) is 0 Å². The molecule has 0 bridgehead atoms. The SMILES string of the molecule is CCC(C)C(C)(C(=O)OCCOC(=O)C1=C(C(=O)O)CCCC1)C(C)(C)C. The van der Waals surface area contributed by atoms with Crippen molar-refractivity contribution in [3.05, 3.63) is 11.1 Å². The third kappa shape index (κ3) is 5.33. The molecular weight excluding hydrogens is 348 g/mol. The smallest absolute Gasteiger partial charge is 0.334 e. The van der Waals surface area contributed by atoms with Crippen LogP contribution in [0.15, 0.2) is 11.1 Å². The van der Waals surface area contributed by atoms with Crippen LogP contribution in [0.4, 0.5) is 0 Å². The van der Waals surface area contributed by atoms with E-state index in [1.807, 2.05) is 41.5 Å². The Labute approximate surface area is 162 Å². The van der Waals surface area contributed by atoms with Crippen LogP contribution < -0.4 is 0 Å². The van der Waals surface area contributed by atoms with Gasteiger partial charge in [0.25, 0.3) is 0 Å². The van der Waals surface area contributed by atoms with Crippen molar-refractivity contribution in [1.82, 2.24) is 0 Å². The van der Waals surface area contributed by atoms with E-state index in [1.165, 1.54) is 0 Å². The van der Waals surface area contributed by atoms with E-state index in [4.69, 9.17) is 9.47 Å². The van der Waals surface area contributed by atoms with Crippen LogP contribution in [0.1, 0.15) is 73.6 Å². The van der Waals surface area contributed by atoms with E-state index in [9.17, 15) is 19.5 Å². The fourth-order valence-electron chi connectivity index (χ4n) is 3.53. The molecule has 2 atom stereocenters. The summed E-state index contributed by atoms with van der Waals surface area (Å²) in [6.07, 6.45) is 3.18. The Morgan fingerprint density at radius 2 is 1.52 bits per heavy atom. The topological polar surface area (TPSA) is 89.9 Å². The Hall–Kier alpha value is -1.85. The second-order valence-electron chi connectivity index (χ2n) is 8.50. The van der Waals surface area contributed by atoms with Crippen LogP contribution in [0, 0.1) is 16.7 Å². The van der Waals surface area contributed by atoms with Gasteiger partial charge in [-0.1, -0.05) is 41.0 Å². The molecule has 0 aromatic carbocycles. The van der Waals surface area contributed by atoms with E-state index in [1.54, 1.807) is 0 Å². The van der Waals surface area contributed by atoms with Crippen LogP contribution in [-0.4, -0.2) is 36.2 Å². The summed E-state index contributed by atoms with van der Waals surface area (Å²) in [5, 5.41) is 9.21. The summed E-state index contributed by atoms with van der Waals surface area (Å²) in [7, 11) is 0. The van der Waals surface area contributed by atoms with E-state index in [2.05, 4.69) is 0 Å². The van der Waals surface area contributed by atoms with E-state index < -0.39 is 17.4 Å². The first kappa shape index (κ1) is 23.2. The maximum absolute atomic E-state index is 12.7. The van der Waals surface area contributed by atoms with Crippen molar-refractivity contribution < 1.29 is 29.0 Å². The molecule has 0 saturated heterocycles. The quantitative estimate of drug-likeness (QED) is 0.501. The van der Waals surface area contributed by atoms with Gasteiger partial charge >= 0.3 is 17.9 Å². The largest absolute Gasteiger partial charge is 0.478 e. The number of rotatable bonds is 8. The average Bonchev–Trinajstić information content (AvgIpc) is 2.62. The van der Waals surface area contributed by atoms with Gasteiger partial charge in [-0.05, 0) is 43.9 Å². The standard InChI is InChI=1S/C21H34O6/c1-7-14(2)21(6,20(3,4)5)19(25)27-13-12-26-18(24)16-11-9-8-10-15(16)17(22)23/h14H,7-13H2,1-6H3,(H,22,23). The van der Waals surface area contributed by atoms with Crippen molar-refractivity contribution in [3.63, 3.8) is 0 Å². The molecule has 6 heteroatoms. The van der Waals surface area contributed by atoms with Crippen LogP contribution in [0.5, 0.6) is 0 Å². The molecule has 1 aliphatic carbocycles. The van der Waals surface area contributed by atoms with Gasteiger partial charge in [-0.2, -0.15) is 0 Å². The summed E-state index contributed by atoms with van der Waals surface area (Å²) in [4.78, 5) is 36.2. The number of hydrogen-bond donors (Lipinski definition) is 1. The molecule has 0 aliphatic heterocycles. The fraction of sp³-hybridized carbons (Fsp3) is 0.762. The van der Waals surface area contributed by atoms with Gasteiger partial charge in [-0.3, -0.25) is 4.79 Å². The summed E-state index contributed by atoms with van der Waals surface area (Å²) < 4.78 is 10.6. The number of aliphatic carboxylic acids is 1. The van der Waals surface area contributed by atoms with Crippen molar-refractivity contribution in [2.24, 2.45) is 16.7 Å². The first-order chi connectivity index (χ1) is 12.5. The van der Waals surface area contributed by atoms with Crippen LogP contribution in [-0.2, 0) is 23.9 Å². The Bertz CT molecular complexity index is 598. The minimum Gasteiger partial charge on any atom is -0.478 e. The molecule has 0 aromatic heterocycles. The van der Waals surface area contributed by atoms with Gasteiger partial charge in [0.15, 0.2) is 0 Å². The molecule has 154 valence electrons.